The standard InChI is InChI=1S/C17H16O4/c1-10-4-5-13(11(2)8-10)6-7-14(18)16-15(19)9-12(3)21-17(16)20/h4-9,16H,1-3H3/b7-6+. The topological polar surface area (TPSA) is 60.4 Å². The third-order valence-corrected chi connectivity index (χ3v) is 3.26. The van der Waals surface area contributed by atoms with Crippen LogP contribution in [-0.2, 0) is 19.1 Å². The number of aryl methyl sites for hydroxylation is 2. The third-order valence-electron chi connectivity index (χ3n) is 3.26. The molecule has 0 saturated heterocycles. The van der Waals surface area contributed by atoms with E-state index in [4.69, 9.17) is 4.74 Å². The molecule has 1 atom stereocenters. The minimum atomic E-state index is -1.38. The van der Waals surface area contributed by atoms with E-state index in [0.717, 1.165) is 16.7 Å². The van der Waals surface area contributed by atoms with E-state index >= 15 is 0 Å². The summed E-state index contributed by atoms with van der Waals surface area (Å²) in [6.07, 6.45) is 4.05. The first-order valence-corrected chi connectivity index (χ1v) is 6.61. The minimum absolute atomic E-state index is 0.215. The lowest BCUT2D eigenvalue weighted by molar-refractivity contribution is -0.151. The Bertz CT molecular complexity index is 680. The van der Waals surface area contributed by atoms with Crippen molar-refractivity contribution in [3.63, 3.8) is 0 Å². The molecule has 0 radical (unpaired) electrons. The van der Waals surface area contributed by atoms with Gasteiger partial charge in [0.05, 0.1) is 0 Å². The molecular weight excluding hydrogens is 268 g/mol. The summed E-state index contributed by atoms with van der Waals surface area (Å²) < 4.78 is 4.83. The monoisotopic (exact) mass is 284 g/mol. The highest BCUT2D eigenvalue weighted by atomic mass is 16.5. The van der Waals surface area contributed by atoms with Crippen molar-refractivity contribution < 1.29 is 19.1 Å². The van der Waals surface area contributed by atoms with Gasteiger partial charge in [0.15, 0.2) is 17.5 Å². The van der Waals surface area contributed by atoms with E-state index in [2.05, 4.69) is 0 Å². The molecule has 1 aromatic rings. The predicted octanol–water partition coefficient (Wildman–Crippen LogP) is 2.53. The highest BCUT2D eigenvalue weighted by molar-refractivity contribution is 6.25. The summed E-state index contributed by atoms with van der Waals surface area (Å²) >= 11 is 0. The molecule has 0 N–H and O–H groups in total. The molecule has 0 bridgehead atoms. The number of cyclic esters (lactones) is 1. The maximum absolute atomic E-state index is 12.0. The van der Waals surface area contributed by atoms with E-state index in [9.17, 15) is 14.4 Å². The summed E-state index contributed by atoms with van der Waals surface area (Å²) in [6, 6.07) is 5.82. The van der Waals surface area contributed by atoms with Crippen molar-refractivity contribution in [2.75, 3.05) is 0 Å². The summed E-state index contributed by atoms with van der Waals surface area (Å²) in [4.78, 5) is 35.4. The number of benzene rings is 1. The number of carbonyl (C=O) groups excluding carboxylic acids is 3. The van der Waals surface area contributed by atoms with Crippen molar-refractivity contribution in [1.82, 2.24) is 0 Å². The molecule has 0 spiro atoms. The molecule has 0 fully saturated rings. The SMILES string of the molecule is CC1=CC(=O)C(C(=O)/C=C/c2ccc(C)cc2C)C(=O)O1. The van der Waals surface area contributed by atoms with Gasteiger partial charge in [0.1, 0.15) is 5.76 Å². The Hall–Kier alpha value is -2.49. The van der Waals surface area contributed by atoms with E-state index in [-0.39, 0.29) is 5.76 Å². The number of esters is 1. The van der Waals surface area contributed by atoms with Gasteiger partial charge in [-0.1, -0.05) is 29.8 Å². The smallest absolute Gasteiger partial charge is 0.329 e. The van der Waals surface area contributed by atoms with Crippen LogP contribution in [0.5, 0.6) is 0 Å². The van der Waals surface area contributed by atoms with Crippen molar-refractivity contribution in [3.8, 4) is 0 Å². The van der Waals surface area contributed by atoms with Gasteiger partial charge in [-0.2, -0.15) is 0 Å². The molecule has 2 rings (SSSR count). The molecule has 1 aliphatic rings. The molecule has 0 aromatic heterocycles. The summed E-state index contributed by atoms with van der Waals surface area (Å²) in [5.74, 6) is -3.06. The van der Waals surface area contributed by atoms with Crippen LogP contribution in [0.1, 0.15) is 23.6 Å². The van der Waals surface area contributed by atoms with Crippen LogP contribution >= 0.6 is 0 Å². The van der Waals surface area contributed by atoms with Gasteiger partial charge < -0.3 is 4.74 Å². The van der Waals surface area contributed by atoms with E-state index < -0.39 is 23.5 Å². The summed E-state index contributed by atoms with van der Waals surface area (Å²) in [6.45, 7) is 5.42. The molecule has 4 nitrogen and oxygen atoms in total. The minimum Gasteiger partial charge on any atom is -0.430 e. The lowest BCUT2D eigenvalue weighted by Gasteiger charge is -2.15. The zero-order chi connectivity index (χ0) is 15.6. The molecule has 0 aliphatic carbocycles. The van der Waals surface area contributed by atoms with Gasteiger partial charge in [0.2, 0.25) is 0 Å². The Morgan fingerprint density at radius 1 is 1.19 bits per heavy atom. The Morgan fingerprint density at radius 3 is 2.52 bits per heavy atom. The van der Waals surface area contributed by atoms with Crippen LogP contribution in [-0.4, -0.2) is 17.5 Å². The molecule has 21 heavy (non-hydrogen) atoms. The number of ether oxygens (including phenoxy) is 1. The van der Waals surface area contributed by atoms with Crippen molar-refractivity contribution in [2.24, 2.45) is 5.92 Å². The van der Waals surface area contributed by atoms with Gasteiger partial charge >= 0.3 is 5.97 Å². The molecule has 1 aliphatic heterocycles. The number of rotatable bonds is 3. The van der Waals surface area contributed by atoms with Crippen molar-refractivity contribution in [1.29, 1.82) is 0 Å². The fourth-order valence-electron chi connectivity index (χ4n) is 2.18. The highest BCUT2D eigenvalue weighted by Crippen LogP contribution is 2.17. The highest BCUT2D eigenvalue weighted by Gasteiger charge is 2.36. The number of ketones is 2. The normalized spacial score (nSPS) is 18.6. The third kappa shape index (κ3) is 3.34. The molecule has 108 valence electrons. The van der Waals surface area contributed by atoms with Crippen LogP contribution in [0.3, 0.4) is 0 Å². The van der Waals surface area contributed by atoms with E-state index in [1.54, 1.807) is 6.08 Å². The van der Waals surface area contributed by atoms with Crippen LogP contribution < -0.4 is 0 Å². The van der Waals surface area contributed by atoms with Gasteiger partial charge in [0, 0.05) is 6.08 Å². The Labute approximate surface area is 123 Å². The average Bonchev–Trinajstić information content (AvgIpc) is 2.36. The molecule has 1 unspecified atom stereocenters. The van der Waals surface area contributed by atoms with Gasteiger partial charge in [0.25, 0.3) is 0 Å². The number of hydrogen-bond donors (Lipinski definition) is 0. The molecule has 4 heteroatoms. The summed E-state index contributed by atoms with van der Waals surface area (Å²) in [7, 11) is 0. The van der Waals surface area contributed by atoms with Crippen LogP contribution in [0.25, 0.3) is 6.08 Å². The largest absolute Gasteiger partial charge is 0.430 e. The molecule has 1 aromatic carbocycles. The van der Waals surface area contributed by atoms with Crippen molar-refractivity contribution in [3.05, 3.63) is 52.8 Å². The predicted molar refractivity (Wildman–Crippen MR) is 78.3 cm³/mol. The fraction of sp³-hybridized carbons (Fsp3) is 0.235. The average molecular weight is 284 g/mol. The van der Waals surface area contributed by atoms with E-state index in [0.29, 0.717) is 0 Å². The second-order valence-electron chi connectivity index (χ2n) is 5.11. The first kappa shape index (κ1) is 14.9. The first-order valence-electron chi connectivity index (χ1n) is 6.61. The van der Waals surface area contributed by atoms with Crippen molar-refractivity contribution in [2.45, 2.75) is 20.8 Å². The zero-order valence-corrected chi connectivity index (χ0v) is 12.2. The van der Waals surface area contributed by atoms with Gasteiger partial charge in [-0.15, -0.1) is 0 Å². The number of carbonyl (C=O) groups is 3. The fourth-order valence-corrected chi connectivity index (χ4v) is 2.18. The van der Waals surface area contributed by atoms with Gasteiger partial charge in [-0.25, -0.2) is 0 Å². The maximum Gasteiger partial charge on any atom is 0.329 e. The number of allylic oxidation sites excluding steroid dienone is 3. The summed E-state index contributed by atoms with van der Waals surface area (Å²) in [5, 5.41) is 0. The van der Waals surface area contributed by atoms with Crippen LogP contribution in [0, 0.1) is 19.8 Å². The van der Waals surface area contributed by atoms with E-state index in [1.165, 1.54) is 19.1 Å². The molecule has 1 heterocycles. The quantitative estimate of drug-likeness (QED) is 0.486. The zero-order valence-electron chi connectivity index (χ0n) is 12.2. The van der Waals surface area contributed by atoms with Crippen LogP contribution in [0.4, 0.5) is 0 Å². The van der Waals surface area contributed by atoms with E-state index in [1.807, 2.05) is 32.0 Å². The van der Waals surface area contributed by atoms with Crippen LogP contribution in [0.15, 0.2) is 36.1 Å². The second kappa shape index (κ2) is 5.87. The van der Waals surface area contributed by atoms with Crippen LogP contribution in [0.2, 0.25) is 0 Å². The summed E-state index contributed by atoms with van der Waals surface area (Å²) in [5.41, 5.74) is 3.02. The maximum atomic E-state index is 12.0. The van der Waals surface area contributed by atoms with Crippen molar-refractivity contribution >= 4 is 23.6 Å². The molecule has 0 saturated carbocycles. The van der Waals surface area contributed by atoms with Gasteiger partial charge in [-0.3, -0.25) is 14.4 Å². The second-order valence-corrected chi connectivity index (χ2v) is 5.11. The number of hydrogen-bond acceptors (Lipinski definition) is 4. The molecule has 0 amide bonds. The Kier molecular flexibility index (Phi) is 4.17. The Morgan fingerprint density at radius 2 is 1.90 bits per heavy atom. The van der Waals surface area contributed by atoms with Gasteiger partial charge in [-0.05, 0) is 38.0 Å². The first-order chi connectivity index (χ1) is 9.88. The lowest BCUT2D eigenvalue weighted by Crippen LogP contribution is -2.34. The lowest BCUT2D eigenvalue weighted by atomic mass is 9.95. The molecular formula is C17H16O4. The Balaban J connectivity index is 2.20.